The molecule has 0 aliphatic carbocycles. The summed E-state index contributed by atoms with van der Waals surface area (Å²) in [5.41, 5.74) is 0.439. The van der Waals surface area contributed by atoms with E-state index in [4.69, 9.17) is 9.26 Å². The van der Waals surface area contributed by atoms with Crippen molar-refractivity contribution < 1.29 is 17.7 Å². The zero-order valence-electron chi connectivity index (χ0n) is 14.2. The van der Waals surface area contributed by atoms with Gasteiger partial charge in [0.25, 0.3) is 0 Å². The first kappa shape index (κ1) is 18.2. The minimum absolute atomic E-state index is 0.0331. The quantitative estimate of drug-likeness (QED) is 0.780. The number of aromatic nitrogens is 1. The van der Waals surface area contributed by atoms with Gasteiger partial charge in [0.1, 0.15) is 10.6 Å². The molecule has 1 atom stereocenters. The Labute approximate surface area is 147 Å². The average molecular weight is 376 g/mol. The van der Waals surface area contributed by atoms with Gasteiger partial charge < -0.3 is 9.26 Å². The molecule has 0 spiro atoms. The molecule has 2 aliphatic heterocycles. The predicted molar refractivity (Wildman–Crippen MR) is 92.9 cm³/mol. The monoisotopic (exact) mass is 375 g/mol. The Kier molecular flexibility index (Phi) is 5.86. The SMILES string of the molecule is Cc1noc(C)c1S(=O)(=O)N1CCCSCC1CN1CCOCC1. The van der Waals surface area contributed by atoms with Crippen molar-refractivity contribution in [1.82, 2.24) is 14.4 Å². The number of morpholine rings is 1. The van der Waals surface area contributed by atoms with Crippen LogP contribution in [0.1, 0.15) is 17.9 Å². The van der Waals surface area contributed by atoms with Crippen LogP contribution in [0.3, 0.4) is 0 Å². The third kappa shape index (κ3) is 3.80. The van der Waals surface area contributed by atoms with Crippen LogP contribution in [-0.4, -0.2) is 79.7 Å². The molecule has 2 aliphatic rings. The van der Waals surface area contributed by atoms with Crippen LogP contribution in [0, 0.1) is 13.8 Å². The Hall–Kier alpha value is -0.610. The van der Waals surface area contributed by atoms with Gasteiger partial charge in [0, 0.05) is 38.0 Å². The summed E-state index contributed by atoms with van der Waals surface area (Å²) in [5, 5.41) is 3.83. The van der Waals surface area contributed by atoms with Gasteiger partial charge in [-0.1, -0.05) is 5.16 Å². The highest BCUT2D eigenvalue weighted by atomic mass is 32.2. The normalized spacial score (nSPS) is 24.8. The van der Waals surface area contributed by atoms with E-state index in [9.17, 15) is 8.42 Å². The molecule has 0 amide bonds. The molecule has 7 nitrogen and oxygen atoms in total. The minimum atomic E-state index is -3.60. The van der Waals surface area contributed by atoms with Crippen LogP contribution >= 0.6 is 11.8 Å². The van der Waals surface area contributed by atoms with E-state index < -0.39 is 10.0 Å². The van der Waals surface area contributed by atoms with Gasteiger partial charge >= 0.3 is 0 Å². The van der Waals surface area contributed by atoms with Gasteiger partial charge in [-0.05, 0) is 26.0 Å². The molecule has 2 fully saturated rings. The highest BCUT2D eigenvalue weighted by molar-refractivity contribution is 7.99. The zero-order valence-corrected chi connectivity index (χ0v) is 15.9. The molecule has 0 radical (unpaired) electrons. The molecule has 3 rings (SSSR count). The predicted octanol–water partition coefficient (Wildman–Crippen LogP) is 1.12. The fourth-order valence-corrected chi connectivity index (χ4v) is 6.41. The van der Waals surface area contributed by atoms with Crippen LogP contribution < -0.4 is 0 Å². The third-order valence-electron chi connectivity index (χ3n) is 4.49. The molecule has 0 bridgehead atoms. The fraction of sp³-hybridized carbons (Fsp3) is 0.800. The Morgan fingerprint density at radius 3 is 2.67 bits per heavy atom. The molecule has 9 heteroatoms. The summed E-state index contributed by atoms with van der Waals surface area (Å²) < 4.78 is 38.7. The zero-order chi connectivity index (χ0) is 17.2. The van der Waals surface area contributed by atoms with E-state index in [-0.39, 0.29) is 10.9 Å². The van der Waals surface area contributed by atoms with Crippen molar-refractivity contribution in [3.8, 4) is 0 Å². The summed E-state index contributed by atoms with van der Waals surface area (Å²) >= 11 is 1.83. The smallest absolute Gasteiger partial charge is 0.248 e. The van der Waals surface area contributed by atoms with Gasteiger partial charge in [-0.2, -0.15) is 16.1 Å². The third-order valence-corrected chi connectivity index (χ3v) is 7.89. The van der Waals surface area contributed by atoms with E-state index in [1.54, 1.807) is 18.2 Å². The van der Waals surface area contributed by atoms with Crippen LogP contribution in [0.5, 0.6) is 0 Å². The number of aryl methyl sites for hydroxylation is 2. The molecule has 1 unspecified atom stereocenters. The molecule has 1 aromatic rings. The first-order valence-corrected chi connectivity index (χ1v) is 10.9. The molecule has 0 saturated carbocycles. The molecular weight excluding hydrogens is 350 g/mol. The van der Waals surface area contributed by atoms with E-state index in [0.717, 1.165) is 50.8 Å². The van der Waals surface area contributed by atoms with E-state index in [1.165, 1.54) is 0 Å². The van der Waals surface area contributed by atoms with Gasteiger partial charge in [-0.15, -0.1) is 0 Å². The summed E-state index contributed by atoms with van der Waals surface area (Å²) in [6.45, 7) is 7.81. The second-order valence-corrected chi connectivity index (χ2v) is 9.24. The Balaban J connectivity index is 1.86. The summed E-state index contributed by atoms with van der Waals surface area (Å²) in [7, 11) is -3.60. The molecule has 1 aromatic heterocycles. The molecule has 24 heavy (non-hydrogen) atoms. The number of sulfonamides is 1. The number of hydrogen-bond acceptors (Lipinski definition) is 7. The molecular formula is C15H25N3O4S2. The number of thioether (sulfide) groups is 1. The maximum Gasteiger partial charge on any atom is 0.248 e. The lowest BCUT2D eigenvalue weighted by Gasteiger charge is -2.34. The van der Waals surface area contributed by atoms with Crippen molar-refractivity contribution in [2.75, 3.05) is 50.9 Å². The molecule has 2 saturated heterocycles. The Morgan fingerprint density at radius 2 is 2.00 bits per heavy atom. The average Bonchev–Trinajstić information content (AvgIpc) is 2.75. The van der Waals surface area contributed by atoms with Crippen LogP contribution in [0.2, 0.25) is 0 Å². The van der Waals surface area contributed by atoms with Crippen molar-refractivity contribution >= 4 is 21.8 Å². The number of rotatable bonds is 4. The van der Waals surface area contributed by atoms with Gasteiger partial charge in [0.05, 0.1) is 13.2 Å². The van der Waals surface area contributed by atoms with Crippen LogP contribution in [-0.2, 0) is 14.8 Å². The number of nitrogens with zero attached hydrogens (tertiary/aromatic N) is 3. The lowest BCUT2D eigenvalue weighted by Crippen LogP contribution is -2.50. The number of ether oxygens (including phenoxy) is 1. The van der Waals surface area contributed by atoms with Gasteiger partial charge in [-0.25, -0.2) is 8.42 Å². The van der Waals surface area contributed by atoms with Crippen molar-refractivity contribution in [3.63, 3.8) is 0 Å². The highest BCUT2D eigenvalue weighted by Crippen LogP contribution is 2.28. The maximum absolute atomic E-state index is 13.3. The Morgan fingerprint density at radius 1 is 1.25 bits per heavy atom. The van der Waals surface area contributed by atoms with Crippen molar-refractivity contribution in [3.05, 3.63) is 11.5 Å². The highest BCUT2D eigenvalue weighted by Gasteiger charge is 2.37. The van der Waals surface area contributed by atoms with E-state index in [2.05, 4.69) is 10.1 Å². The first-order chi connectivity index (χ1) is 11.5. The lowest BCUT2D eigenvalue weighted by atomic mass is 10.2. The molecule has 136 valence electrons. The molecule has 0 N–H and O–H groups in total. The van der Waals surface area contributed by atoms with Crippen LogP contribution in [0.25, 0.3) is 0 Å². The topological polar surface area (TPSA) is 75.9 Å². The van der Waals surface area contributed by atoms with Crippen LogP contribution in [0.15, 0.2) is 9.42 Å². The lowest BCUT2D eigenvalue weighted by molar-refractivity contribution is 0.0309. The summed E-state index contributed by atoms with van der Waals surface area (Å²) in [6, 6.07) is -0.0331. The van der Waals surface area contributed by atoms with Crippen molar-refractivity contribution in [1.29, 1.82) is 0 Å². The molecule has 0 aromatic carbocycles. The van der Waals surface area contributed by atoms with Crippen molar-refractivity contribution in [2.45, 2.75) is 31.2 Å². The summed E-state index contributed by atoms with van der Waals surface area (Å²) in [6.07, 6.45) is 0.868. The summed E-state index contributed by atoms with van der Waals surface area (Å²) in [4.78, 5) is 2.54. The van der Waals surface area contributed by atoms with E-state index in [0.29, 0.717) is 18.0 Å². The Bertz CT molecular complexity index is 636. The van der Waals surface area contributed by atoms with Crippen LogP contribution in [0.4, 0.5) is 0 Å². The standard InChI is InChI=1S/C15H25N3O4S2/c1-12-15(13(2)22-16-12)24(19,20)18-4-3-9-23-11-14(18)10-17-5-7-21-8-6-17/h14H,3-11H2,1-2H3. The van der Waals surface area contributed by atoms with Gasteiger partial charge in [0.15, 0.2) is 5.76 Å². The fourth-order valence-electron chi connectivity index (χ4n) is 3.31. The van der Waals surface area contributed by atoms with E-state index >= 15 is 0 Å². The van der Waals surface area contributed by atoms with Crippen molar-refractivity contribution in [2.24, 2.45) is 0 Å². The summed E-state index contributed by atoms with van der Waals surface area (Å²) in [5.74, 6) is 2.18. The van der Waals surface area contributed by atoms with Gasteiger partial charge in [-0.3, -0.25) is 4.90 Å². The maximum atomic E-state index is 13.3. The molecule has 3 heterocycles. The second kappa shape index (κ2) is 7.74. The first-order valence-electron chi connectivity index (χ1n) is 8.32. The van der Waals surface area contributed by atoms with E-state index in [1.807, 2.05) is 11.8 Å². The second-order valence-electron chi connectivity index (χ2n) is 6.26. The largest absolute Gasteiger partial charge is 0.379 e. The number of hydrogen-bond donors (Lipinski definition) is 0. The minimum Gasteiger partial charge on any atom is -0.379 e. The van der Waals surface area contributed by atoms with Gasteiger partial charge in [0.2, 0.25) is 10.0 Å².